The van der Waals surface area contributed by atoms with Gasteiger partial charge in [-0.1, -0.05) is 24.3 Å². The Morgan fingerprint density at radius 3 is 0.960 bits per heavy atom. The normalized spacial score (nSPS) is 10.2. The van der Waals surface area contributed by atoms with Crippen molar-refractivity contribution in [2.75, 3.05) is 0 Å². The second-order valence-electron chi connectivity index (χ2n) is 4.03. The zero-order valence-electron chi connectivity index (χ0n) is 12.0. The fourth-order valence-electron chi connectivity index (χ4n) is 1.43. The summed E-state index contributed by atoms with van der Waals surface area (Å²) in [6, 6.07) is 8.79. The molecule has 0 fully saturated rings. The number of hydrogen-bond acceptors (Lipinski definition) is 2. The fraction of sp³-hybridized carbons (Fsp3) is 0.143. The molecule has 2 nitrogen and oxygen atoms in total. The fourth-order valence-corrected chi connectivity index (χ4v) is 1.43. The van der Waals surface area contributed by atoms with Gasteiger partial charge in [-0.25, -0.2) is 0 Å². The number of benzene rings is 2. The first-order chi connectivity index (χ1) is 10.0. The molecule has 0 atom stereocenters. The van der Waals surface area contributed by atoms with E-state index in [1.54, 1.807) is 0 Å². The molecule has 0 aliphatic carbocycles. The monoisotopic (exact) mass is 484 g/mol. The minimum atomic E-state index is -4.47. The van der Waals surface area contributed by atoms with E-state index in [1.807, 2.05) is 0 Å². The molecule has 0 heterocycles. The maximum atomic E-state index is 11.9. The number of alkyl halides is 6. The second kappa shape index (κ2) is 11.7. The summed E-state index contributed by atoms with van der Waals surface area (Å²) in [5.41, 5.74) is -2.00. The van der Waals surface area contributed by atoms with E-state index in [9.17, 15) is 26.3 Å². The Morgan fingerprint density at radius 2 is 0.800 bits per heavy atom. The Labute approximate surface area is 170 Å². The third-order valence-electron chi connectivity index (χ3n) is 2.42. The van der Waals surface area contributed by atoms with Crippen molar-refractivity contribution in [3.63, 3.8) is 0 Å². The van der Waals surface area contributed by atoms with Crippen molar-refractivity contribution in [2.45, 2.75) is 12.4 Å². The van der Waals surface area contributed by atoms with Crippen molar-refractivity contribution in [2.24, 2.45) is 0 Å². The largest absolute Gasteiger partial charge is 2.00 e. The summed E-state index contributed by atoms with van der Waals surface area (Å²) in [5.74, 6) is -1.47. The predicted octanol–water partition coefficient (Wildman–Crippen LogP) is -1.17. The number of halogens is 8. The molecule has 0 amide bonds. The van der Waals surface area contributed by atoms with E-state index >= 15 is 0 Å². The van der Waals surface area contributed by atoms with Gasteiger partial charge in [-0.05, 0) is 24.3 Å². The molecule has 2 aromatic carbocycles. The molecule has 25 heavy (non-hydrogen) atoms. The minimum Gasteiger partial charge on any atom is -1.00 e. The van der Waals surface area contributed by atoms with E-state index < -0.39 is 35.0 Å². The summed E-state index contributed by atoms with van der Waals surface area (Å²) in [6.07, 6.45) is -8.93. The summed E-state index contributed by atoms with van der Waals surface area (Å²) in [4.78, 5) is 0. The van der Waals surface area contributed by atoms with Crippen LogP contribution in [0.2, 0.25) is 0 Å². The van der Waals surface area contributed by atoms with Gasteiger partial charge in [0, 0.05) is 0 Å². The standard InChI is InChI=1S/2C7H5F3O.2ClH.Zr/c2*8-7(9,10)5-3-1-2-4-6(5)11;;;/h2*1-4,11H;2*1H;/q;;;;+2/p-2. The smallest absolute Gasteiger partial charge is 1.00 e. The first-order valence-electron chi connectivity index (χ1n) is 5.74. The van der Waals surface area contributed by atoms with Gasteiger partial charge in [0.25, 0.3) is 0 Å². The van der Waals surface area contributed by atoms with E-state index in [2.05, 4.69) is 0 Å². The van der Waals surface area contributed by atoms with E-state index in [0.717, 1.165) is 24.3 Å². The van der Waals surface area contributed by atoms with Crippen LogP contribution in [-0.4, -0.2) is 10.2 Å². The van der Waals surface area contributed by atoms with E-state index in [4.69, 9.17) is 10.2 Å². The van der Waals surface area contributed by atoms with Gasteiger partial charge >= 0.3 is 38.6 Å². The minimum absolute atomic E-state index is 0. The number of rotatable bonds is 0. The molecule has 0 saturated carbocycles. The average molecular weight is 486 g/mol. The molecule has 2 aromatic rings. The van der Waals surface area contributed by atoms with Crippen LogP contribution in [0.3, 0.4) is 0 Å². The molecule has 2 rings (SSSR count). The first kappa shape index (κ1) is 28.9. The summed E-state index contributed by atoms with van der Waals surface area (Å²) >= 11 is 0. The summed E-state index contributed by atoms with van der Waals surface area (Å²) < 4.78 is 71.3. The molecule has 0 unspecified atom stereocenters. The van der Waals surface area contributed by atoms with Gasteiger partial charge in [0.1, 0.15) is 11.5 Å². The van der Waals surface area contributed by atoms with Gasteiger partial charge in [0.05, 0.1) is 11.1 Å². The van der Waals surface area contributed by atoms with Gasteiger partial charge in [0.15, 0.2) is 0 Å². The zero-order valence-corrected chi connectivity index (χ0v) is 16.0. The van der Waals surface area contributed by atoms with Crippen LogP contribution in [-0.2, 0) is 38.6 Å². The SMILES string of the molecule is Oc1ccccc1C(F)(F)F.Oc1ccccc1C(F)(F)F.[Cl-].[Cl-].[Zr+2]. The molecule has 138 valence electrons. The summed E-state index contributed by atoms with van der Waals surface area (Å²) in [7, 11) is 0. The van der Waals surface area contributed by atoms with Gasteiger partial charge in [0.2, 0.25) is 0 Å². The molecule has 0 aliphatic heterocycles. The Hall–Kier alpha value is -0.917. The Kier molecular flexibility index (Phi) is 13.5. The van der Waals surface area contributed by atoms with Crippen molar-refractivity contribution in [1.29, 1.82) is 0 Å². The van der Waals surface area contributed by atoms with Crippen molar-refractivity contribution < 1.29 is 87.6 Å². The third-order valence-corrected chi connectivity index (χ3v) is 2.42. The molecule has 2 N–H and O–H groups in total. The van der Waals surface area contributed by atoms with Gasteiger partial charge < -0.3 is 35.0 Å². The summed E-state index contributed by atoms with van der Waals surface area (Å²) in [6.45, 7) is 0. The molecule has 0 spiro atoms. The van der Waals surface area contributed by atoms with Crippen LogP contribution in [0.15, 0.2) is 48.5 Å². The molecule has 0 aliphatic rings. The number of hydrogen-bond donors (Lipinski definition) is 2. The van der Waals surface area contributed by atoms with Crippen molar-refractivity contribution in [3.05, 3.63) is 59.7 Å². The molecule has 0 aromatic heterocycles. The number of phenolic OH excluding ortho intramolecular Hbond substituents is 2. The molecule has 0 radical (unpaired) electrons. The van der Waals surface area contributed by atoms with E-state index in [0.29, 0.717) is 0 Å². The zero-order chi connectivity index (χ0) is 17.0. The Bertz CT molecular complexity index is 580. The van der Waals surface area contributed by atoms with Crippen LogP contribution in [0.25, 0.3) is 0 Å². The number of para-hydroxylation sites is 2. The molecule has 0 bridgehead atoms. The number of aromatic hydroxyl groups is 2. The van der Waals surface area contributed by atoms with Crippen LogP contribution in [0.5, 0.6) is 11.5 Å². The van der Waals surface area contributed by atoms with Crippen molar-refractivity contribution in [3.8, 4) is 11.5 Å². The Morgan fingerprint density at radius 1 is 0.560 bits per heavy atom. The maximum absolute atomic E-state index is 11.9. The van der Waals surface area contributed by atoms with E-state index in [1.165, 1.54) is 24.3 Å². The molecular formula is C14H10Cl2F6O2Zr. The third kappa shape index (κ3) is 9.37. The first-order valence-corrected chi connectivity index (χ1v) is 5.74. The topological polar surface area (TPSA) is 40.5 Å². The molecule has 0 saturated heterocycles. The van der Waals surface area contributed by atoms with Crippen molar-refractivity contribution in [1.82, 2.24) is 0 Å². The second-order valence-corrected chi connectivity index (χ2v) is 4.03. The van der Waals surface area contributed by atoms with Gasteiger partial charge in [-0.2, -0.15) is 26.3 Å². The van der Waals surface area contributed by atoms with Crippen LogP contribution >= 0.6 is 0 Å². The van der Waals surface area contributed by atoms with Crippen LogP contribution in [0.1, 0.15) is 11.1 Å². The van der Waals surface area contributed by atoms with Crippen molar-refractivity contribution >= 4 is 0 Å². The van der Waals surface area contributed by atoms with Gasteiger partial charge in [-0.3, -0.25) is 0 Å². The van der Waals surface area contributed by atoms with Gasteiger partial charge in [-0.15, -0.1) is 0 Å². The Balaban J connectivity index is -0.000000346. The van der Waals surface area contributed by atoms with Crippen LogP contribution < -0.4 is 24.8 Å². The quantitative estimate of drug-likeness (QED) is 0.461. The molecule has 11 heteroatoms. The summed E-state index contributed by atoms with van der Waals surface area (Å²) in [5, 5.41) is 17.5. The number of phenols is 2. The van der Waals surface area contributed by atoms with E-state index in [-0.39, 0.29) is 51.0 Å². The average Bonchev–Trinajstić information content (AvgIpc) is 2.37. The molecular weight excluding hydrogens is 476 g/mol. The van der Waals surface area contributed by atoms with Crippen LogP contribution in [0, 0.1) is 0 Å². The van der Waals surface area contributed by atoms with Crippen LogP contribution in [0.4, 0.5) is 26.3 Å². The maximum Gasteiger partial charge on any atom is 2.00 e. The predicted molar refractivity (Wildman–Crippen MR) is 66.2 cm³/mol.